The highest BCUT2D eigenvalue weighted by Gasteiger charge is 2.41. The number of rotatable bonds is 6. The lowest BCUT2D eigenvalue weighted by atomic mass is 10.1. The molecule has 0 fully saturated rings. The van der Waals surface area contributed by atoms with Crippen LogP contribution in [0, 0.1) is 0 Å². The van der Waals surface area contributed by atoms with Crippen molar-refractivity contribution >= 4 is 33.6 Å². The van der Waals surface area contributed by atoms with Crippen molar-refractivity contribution in [3.8, 4) is 0 Å². The molecule has 18 heavy (non-hydrogen) atoms. The number of ether oxygens (including phenoxy) is 1. The molecule has 0 bridgehead atoms. The van der Waals surface area contributed by atoms with E-state index in [1.807, 2.05) is 0 Å². The first-order valence-corrected chi connectivity index (χ1v) is 5.96. The van der Waals surface area contributed by atoms with E-state index in [1.54, 1.807) is 0 Å². The Balaban J connectivity index is 4.72. The fourth-order valence-corrected chi connectivity index (χ4v) is 1.19. The summed E-state index contributed by atoms with van der Waals surface area (Å²) in [5, 5.41) is 1.29. The molecular weight excluding hydrogens is 323 g/mol. The van der Waals surface area contributed by atoms with Crippen molar-refractivity contribution < 1.29 is 32.3 Å². The van der Waals surface area contributed by atoms with Crippen LogP contribution in [0.15, 0.2) is 0 Å². The lowest BCUT2D eigenvalue weighted by Crippen LogP contribution is -2.48. The summed E-state index contributed by atoms with van der Waals surface area (Å²) in [5.74, 6) is -3.90. The van der Waals surface area contributed by atoms with Crippen LogP contribution in [-0.4, -0.2) is 41.8 Å². The Morgan fingerprint density at radius 3 is 2.28 bits per heavy atom. The first-order chi connectivity index (χ1) is 8.22. The number of esters is 1. The third kappa shape index (κ3) is 5.99. The molecule has 0 radical (unpaired) electrons. The minimum atomic E-state index is -5.12. The van der Waals surface area contributed by atoms with Crippen LogP contribution >= 0.6 is 15.9 Å². The van der Waals surface area contributed by atoms with E-state index in [4.69, 9.17) is 0 Å². The van der Waals surface area contributed by atoms with Gasteiger partial charge < -0.3 is 10.1 Å². The minimum absolute atomic E-state index is 0.0697. The molecule has 0 saturated heterocycles. The van der Waals surface area contributed by atoms with Crippen molar-refractivity contribution in [2.45, 2.75) is 25.6 Å². The second-order valence-electron chi connectivity index (χ2n) is 3.15. The normalized spacial score (nSPS) is 12.7. The molecule has 0 aromatic heterocycles. The van der Waals surface area contributed by atoms with Gasteiger partial charge in [0.2, 0.25) is 0 Å². The average Bonchev–Trinajstić information content (AvgIpc) is 2.26. The van der Waals surface area contributed by atoms with Gasteiger partial charge in [-0.3, -0.25) is 9.59 Å². The SMILES string of the molecule is CCOC(=O)[C@@H](CC(=O)CBr)NC(=O)C(F)(F)F. The fraction of sp³-hybridized carbons (Fsp3) is 0.667. The monoisotopic (exact) mass is 333 g/mol. The Morgan fingerprint density at radius 2 is 1.89 bits per heavy atom. The smallest absolute Gasteiger partial charge is 0.464 e. The Bertz CT molecular complexity index is 332. The van der Waals surface area contributed by atoms with Gasteiger partial charge in [0.1, 0.15) is 11.8 Å². The number of carbonyl (C=O) groups excluding carboxylic acids is 3. The third-order valence-corrected chi connectivity index (χ3v) is 2.34. The summed E-state index contributed by atoms with van der Waals surface area (Å²) in [6.07, 6.45) is -5.69. The van der Waals surface area contributed by atoms with E-state index in [-0.39, 0.29) is 11.9 Å². The third-order valence-electron chi connectivity index (χ3n) is 1.71. The summed E-state index contributed by atoms with van der Waals surface area (Å²) in [6.45, 7) is 1.38. The van der Waals surface area contributed by atoms with E-state index < -0.39 is 36.3 Å². The number of amides is 1. The van der Waals surface area contributed by atoms with Crippen LogP contribution in [0.1, 0.15) is 13.3 Å². The van der Waals surface area contributed by atoms with Crippen molar-refractivity contribution in [2.24, 2.45) is 0 Å². The summed E-state index contributed by atoms with van der Waals surface area (Å²) in [7, 11) is 0. The molecule has 0 aliphatic heterocycles. The second kappa shape index (κ2) is 7.34. The summed E-state index contributed by atoms with van der Waals surface area (Å²) in [5.41, 5.74) is 0. The van der Waals surface area contributed by atoms with Crippen molar-refractivity contribution in [3.05, 3.63) is 0 Å². The van der Waals surface area contributed by atoms with Gasteiger partial charge in [-0.15, -0.1) is 0 Å². The Labute approximate surface area is 109 Å². The Morgan fingerprint density at radius 1 is 1.33 bits per heavy atom. The molecule has 0 saturated carbocycles. The number of carbonyl (C=O) groups is 3. The van der Waals surface area contributed by atoms with Crippen LogP contribution in [-0.2, 0) is 19.1 Å². The van der Waals surface area contributed by atoms with E-state index in [0.29, 0.717) is 0 Å². The topological polar surface area (TPSA) is 72.5 Å². The van der Waals surface area contributed by atoms with Crippen molar-refractivity contribution in [2.75, 3.05) is 11.9 Å². The zero-order chi connectivity index (χ0) is 14.3. The van der Waals surface area contributed by atoms with Gasteiger partial charge in [-0.25, -0.2) is 4.79 Å². The maximum absolute atomic E-state index is 12.0. The zero-order valence-corrected chi connectivity index (χ0v) is 10.9. The van der Waals surface area contributed by atoms with Gasteiger partial charge in [0, 0.05) is 6.42 Å². The van der Waals surface area contributed by atoms with Crippen LogP contribution in [0.2, 0.25) is 0 Å². The highest BCUT2D eigenvalue weighted by molar-refractivity contribution is 9.09. The molecule has 0 heterocycles. The van der Waals surface area contributed by atoms with Gasteiger partial charge in [-0.1, -0.05) is 15.9 Å². The van der Waals surface area contributed by atoms with Crippen molar-refractivity contribution in [3.63, 3.8) is 0 Å². The number of halogens is 4. The number of hydrogen-bond donors (Lipinski definition) is 1. The summed E-state index contributed by atoms with van der Waals surface area (Å²) < 4.78 is 40.5. The first-order valence-electron chi connectivity index (χ1n) is 4.84. The predicted molar refractivity (Wildman–Crippen MR) is 58.0 cm³/mol. The Hall–Kier alpha value is -1.12. The summed E-state index contributed by atoms with van der Waals surface area (Å²) in [4.78, 5) is 33.0. The van der Waals surface area contributed by atoms with Gasteiger partial charge in [-0.2, -0.15) is 13.2 Å². The predicted octanol–water partition coefficient (Wildman–Crippen LogP) is 0.951. The maximum atomic E-state index is 12.0. The van der Waals surface area contributed by atoms with Gasteiger partial charge >= 0.3 is 18.1 Å². The summed E-state index contributed by atoms with van der Waals surface area (Å²) >= 11 is 2.80. The standard InChI is InChI=1S/C9H11BrF3NO4/c1-2-18-7(16)6(3-5(15)4-10)14-8(17)9(11,12)13/h6H,2-4H2,1H3,(H,14,17)/t6-/m1/s1. The number of Topliss-reactive ketones (excluding diaryl/α,β-unsaturated/α-hetero) is 1. The van der Waals surface area contributed by atoms with Gasteiger partial charge in [0.25, 0.3) is 0 Å². The van der Waals surface area contributed by atoms with Crippen LogP contribution in [0.3, 0.4) is 0 Å². The number of nitrogens with one attached hydrogen (secondary N) is 1. The Kier molecular flexibility index (Phi) is 6.89. The van der Waals surface area contributed by atoms with Crippen LogP contribution < -0.4 is 5.32 Å². The number of hydrogen-bond acceptors (Lipinski definition) is 4. The van der Waals surface area contributed by atoms with Crippen LogP contribution in [0.5, 0.6) is 0 Å². The molecule has 0 aromatic rings. The molecule has 1 N–H and O–H groups in total. The van der Waals surface area contributed by atoms with E-state index in [9.17, 15) is 27.6 Å². The maximum Gasteiger partial charge on any atom is 0.471 e. The number of ketones is 1. The molecule has 0 unspecified atom stereocenters. The largest absolute Gasteiger partial charge is 0.471 e. The zero-order valence-electron chi connectivity index (χ0n) is 9.34. The van der Waals surface area contributed by atoms with Gasteiger partial charge in [0.15, 0.2) is 0 Å². The fourth-order valence-electron chi connectivity index (χ4n) is 0.958. The summed E-state index contributed by atoms with van der Waals surface area (Å²) in [6, 6.07) is -1.64. The molecule has 0 aromatic carbocycles. The van der Waals surface area contributed by atoms with Gasteiger partial charge in [0.05, 0.1) is 11.9 Å². The minimum Gasteiger partial charge on any atom is -0.464 e. The molecule has 1 amide bonds. The van der Waals surface area contributed by atoms with E-state index in [0.717, 1.165) is 0 Å². The van der Waals surface area contributed by atoms with E-state index in [2.05, 4.69) is 20.7 Å². The molecule has 0 rings (SSSR count). The quantitative estimate of drug-likeness (QED) is 0.580. The first kappa shape index (κ1) is 16.9. The van der Waals surface area contributed by atoms with E-state index >= 15 is 0 Å². The highest BCUT2D eigenvalue weighted by Crippen LogP contribution is 2.15. The molecule has 0 aliphatic carbocycles. The second-order valence-corrected chi connectivity index (χ2v) is 3.71. The molecule has 104 valence electrons. The molecule has 0 spiro atoms. The van der Waals surface area contributed by atoms with E-state index in [1.165, 1.54) is 12.2 Å². The van der Waals surface area contributed by atoms with Crippen LogP contribution in [0.25, 0.3) is 0 Å². The highest BCUT2D eigenvalue weighted by atomic mass is 79.9. The molecule has 9 heteroatoms. The van der Waals surface area contributed by atoms with Crippen molar-refractivity contribution in [1.82, 2.24) is 5.32 Å². The molecule has 5 nitrogen and oxygen atoms in total. The van der Waals surface area contributed by atoms with Crippen LogP contribution in [0.4, 0.5) is 13.2 Å². The lowest BCUT2D eigenvalue weighted by molar-refractivity contribution is -0.176. The lowest BCUT2D eigenvalue weighted by Gasteiger charge is -2.17. The van der Waals surface area contributed by atoms with Gasteiger partial charge in [-0.05, 0) is 6.92 Å². The molecular formula is C9H11BrF3NO4. The van der Waals surface area contributed by atoms with Crippen molar-refractivity contribution in [1.29, 1.82) is 0 Å². The molecule has 0 aliphatic rings. The number of alkyl halides is 4. The average molecular weight is 334 g/mol. The molecule has 1 atom stereocenters.